The number of benzene rings is 13. The number of aromatic nitrogens is 1. The lowest BCUT2D eigenvalue weighted by Crippen LogP contribution is -2.12. The van der Waals surface area contributed by atoms with Crippen LogP contribution in [0.5, 0.6) is 0 Å². The van der Waals surface area contributed by atoms with Crippen LogP contribution in [0.3, 0.4) is 0 Å². The summed E-state index contributed by atoms with van der Waals surface area (Å²) in [6, 6.07) is 108. The van der Waals surface area contributed by atoms with Crippen molar-refractivity contribution < 1.29 is 9.47 Å². The smallest absolute Gasteiger partial charge is 0.127 e. The summed E-state index contributed by atoms with van der Waals surface area (Å²) < 4.78 is 24.0. The number of ether oxygens (including phenoxy) is 2. The molecule has 5 nitrogen and oxygen atoms in total. The molecule has 6 heterocycles. The molecule has 17 aromatic rings. The van der Waals surface area contributed by atoms with Gasteiger partial charge in [0.15, 0.2) is 0 Å². The van der Waals surface area contributed by atoms with Gasteiger partial charge in [-0.2, -0.15) is 0 Å². The lowest BCUT2D eigenvalue weighted by molar-refractivity contribution is 0.194. The number of anilines is 6. The molecule has 0 radical (unpaired) electrons. The van der Waals surface area contributed by atoms with Gasteiger partial charge in [0.05, 0.1) is 32.8 Å². The Bertz CT molecular complexity index is 6270. The van der Waals surface area contributed by atoms with Gasteiger partial charge in [0, 0.05) is 113 Å². The summed E-state index contributed by atoms with van der Waals surface area (Å²) in [6.45, 7) is 0. The largest absolute Gasteiger partial charge is 0.485 e. The molecule has 0 bridgehead atoms. The van der Waals surface area contributed by atoms with Crippen molar-refractivity contribution in [1.82, 2.24) is 4.57 Å². The second kappa shape index (κ2) is 24.2. The zero-order valence-corrected chi connectivity index (χ0v) is 56.9. The molecular formula is C92H63N3O2S3. The monoisotopic (exact) mass is 1340 g/mol. The second-order valence-corrected chi connectivity index (χ2v) is 29.4. The predicted molar refractivity (Wildman–Crippen MR) is 426 cm³/mol. The van der Waals surface area contributed by atoms with Crippen LogP contribution in [0, 0.1) is 0 Å². The molecule has 13 aromatic carbocycles. The minimum absolute atomic E-state index is 0.0604. The second-order valence-electron chi connectivity index (χ2n) is 26.3. The maximum Gasteiger partial charge on any atom is 0.127 e. The first-order chi connectivity index (χ1) is 49.6. The van der Waals surface area contributed by atoms with Crippen LogP contribution >= 0.6 is 34.0 Å². The molecule has 0 amide bonds. The van der Waals surface area contributed by atoms with Crippen LogP contribution < -0.4 is 9.80 Å². The SMILES string of the molecule is C1=CC(c2cccc(N(c3cccc(C4CC=C(c5ccccc5)O4)c3)c3cc4c(c5sc6ccccc6c35)c3c5sc6ccccc6c5c(N(c5cccc(C6=CCC(c7ccccc7)O6)c5)c5cccc(-c6ccccc6)c5)cc3n4-c3cccc4c3sc3ccccc34)c2)=CCC1. The summed E-state index contributed by atoms with van der Waals surface area (Å²) >= 11 is 5.72. The number of nitrogens with zero attached hydrogens (tertiary/aromatic N) is 3. The third kappa shape index (κ3) is 9.83. The standard InChI is InChI=1S/C92H63N3O2S3/c1-5-24-58(25-6-1)62-32-19-36-66(52-62)93(68-38-21-34-64(54-68)81-50-48-79(96-81)60-28-9-3-10-29-60)75-56-77-88(91-86(75)72-41-14-17-46-84(72)99-91)89-78(95(77)74-44-23-43-71-70-40-13-16-45-83(70)98-90(71)74)57-76(87-73-42-15-18-47-85(73)100-92(87)89)94(67-37-20-33-63(53-67)59-26-7-2-8-27-59)69-39-22-35-65(55-69)82-51-49-80(97-82)61-30-11-4-12-31-61/h1,3-7,9-47,49-50,52-57,79,82H,2,8,48,51H2. The average molecular weight is 1340 g/mol. The molecule has 0 fully saturated rings. The molecule has 100 heavy (non-hydrogen) atoms. The minimum Gasteiger partial charge on any atom is -0.485 e. The first kappa shape index (κ1) is 58.6. The first-order valence-corrected chi connectivity index (χ1v) is 37.0. The molecular weight excluding hydrogens is 1280 g/mol. The summed E-state index contributed by atoms with van der Waals surface area (Å²) in [4.78, 5) is 5.10. The van der Waals surface area contributed by atoms with Gasteiger partial charge < -0.3 is 23.8 Å². The molecule has 2 atom stereocenters. The normalized spacial score (nSPS) is 15.3. The number of thiophene rings is 3. The third-order valence-corrected chi connectivity index (χ3v) is 24.0. The van der Waals surface area contributed by atoms with Crippen molar-refractivity contribution in [3.63, 3.8) is 0 Å². The maximum atomic E-state index is 6.94. The van der Waals surface area contributed by atoms with E-state index in [4.69, 9.17) is 9.47 Å². The van der Waals surface area contributed by atoms with Gasteiger partial charge in [0.25, 0.3) is 0 Å². The topological polar surface area (TPSA) is 29.9 Å². The van der Waals surface area contributed by atoms with Gasteiger partial charge in [-0.05, 0) is 143 Å². The van der Waals surface area contributed by atoms with Crippen LogP contribution in [0.1, 0.15) is 65.7 Å². The summed E-state index contributed by atoms with van der Waals surface area (Å²) in [7, 11) is 0. The van der Waals surface area contributed by atoms with Crippen molar-refractivity contribution >= 4 is 168 Å². The Morgan fingerprint density at radius 1 is 0.330 bits per heavy atom. The molecule has 4 aromatic heterocycles. The molecule has 0 saturated heterocycles. The van der Waals surface area contributed by atoms with Crippen molar-refractivity contribution in [2.24, 2.45) is 0 Å². The van der Waals surface area contributed by atoms with Crippen LogP contribution in [0.25, 0.3) is 116 Å². The van der Waals surface area contributed by atoms with E-state index in [1.807, 2.05) is 34.0 Å². The maximum absolute atomic E-state index is 6.94. The third-order valence-electron chi connectivity index (χ3n) is 20.4. The fourth-order valence-electron chi connectivity index (χ4n) is 15.8. The Morgan fingerprint density at radius 3 is 1.40 bits per heavy atom. The van der Waals surface area contributed by atoms with E-state index in [0.29, 0.717) is 0 Å². The van der Waals surface area contributed by atoms with Crippen LogP contribution in [-0.2, 0) is 9.47 Å². The zero-order valence-electron chi connectivity index (χ0n) is 54.5. The predicted octanol–water partition coefficient (Wildman–Crippen LogP) is 27.2. The highest BCUT2D eigenvalue weighted by atomic mass is 32.1. The molecule has 2 aliphatic heterocycles. The van der Waals surface area contributed by atoms with E-state index in [0.717, 1.165) is 116 Å². The molecule has 0 saturated carbocycles. The minimum atomic E-state index is -0.157. The quantitative estimate of drug-likeness (QED) is 0.115. The van der Waals surface area contributed by atoms with Crippen LogP contribution in [-0.4, -0.2) is 4.57 Å². The number of allylic oxidation sites excluding steroid dienone is 4. The molecule has 3 aliphatic rings. The molecule has 0 N–H and O–H groups in total. The Morgan fingerprint density at radius 2 is 0.780 bits per heavy atom. The number of hydrogen-bond donors (Lipinski definition) is 0. The van der Waals surface area contributed by atoms with Gasteiger partial charge in [-0.3, -0.25) is 0 Å². The lowest BCUT2D eigenvalue weighted by atomic mass is 9.98. The van der Waals surface area contributed by atoms with Gasteiger partial charge >= 0.3 is 0 Å². The molecule has 2 unspecified atom stereocenters. The zero-order chi connectivity index (χ0) is 65.8. The summed E-state index contributed by atoms with van der Waals surface area (Å²) in [6.07, 6.45) is 15.0. The summed E-state index contributed by atoms with van der Waals surface area (Å²) in [5.74, 6) is 1.82. The van der Waals surface area contributed by atoms with Gasteiger partial charge in [0.1, 0.15) is 23.7 Å². The Labute approximate surface area is 591 Å². The fourth-order valence-corrected chi connectivity index (χ4v) is 19.6. The Balaban J connectivity index is 0.900. The van der Waals surface area contributed by atoms with E-state index in [9.17, 15) is 0 Å². The Hall–Kier alpha value is -11.5. The highest BCUT2D eigenvalue weighted by Gasteiger charge is 2.32. The molecule has 0 spiro atoms. The van der Waals surface area contributed by atoms with Gasteiger partial charge in [-0.15, -0.1) is 34.0 Å². The van der Waals surface area contributed by atoms with Crippen molar-refractivity contribution in [2.75, 3.05) is 9.80 Å². The van der Waals surface area contributed by atoms with Gasteiger partial charge in [0.2, 0.25) is 0 Å². The molecule has 8 heteroatoms. The lowest BCUT2D eigenvalue weighted by Gasteiger charge is -2.28. The van der Waals surface area contributed by atoms with Crippen LogP contribution in [0.2, 0.25) is 0 Å². The van der Waals surface area contributed by atoms with E-state index < -0.39 is 0 Å². The van der Waals surface area contributed by atoms with Crippen molar-refractivity contribution in [3.8, 4) is 16.8 Å². The molecule has 476 valence electrons. The van der Waals surface area contributed by atoms with Crippen LogP contribution in [0.15, 0.2) is 322 Å². The Kier molecular flexibility index (Phi) is 14.2. The summed E-state index contributed by atoms with van der Waals surface area (Å²) in [5.41, 5.74) is 19.0. The highest BCUT2D eigenvalue weighted by Crippen LogP contribution is 2.57. The highest BCUT2D eigenvalue weighted by molar-refractivity contribution is 7.28. The van der Waals surface area contributed by atoms with E-state index in [-0.39, 0.29) is 12.2 Å². The number of hydrogen-bond acceptors (Lipinski definition) is 7. The van der Waals surface area contributed by atoms with Gasteiger partial charge in [-0.25, -0.2) is 0 Å². The van der Waals surface area contributed by atoms with Crippen LogP contribution in [0.4, 0.5) is 34.1 Å². The van der Waals surface area contributed by atoms with Crippen molar-refractivity contribution in [3.05, 3.63) is 349 Å². The van der Waals surface area contributed by atoms with E-state index >= 15 is 0 Å². The number of rotatable bonds is 13. The van der Waals surface area contributed by atoms with Gasteiger partial charge in [-0.1, -0.05) is 224 Å². The molecule has 1 aliphatic carbocycles. The molecule has 20 rings (SSSR count). The van der Waals surface area contributed by atoms with E-state index in [2.05, 4.69) is 336 Å². The summed E-state index contributed by atoms with van der Waals surface area (Å²) in [5, 5.41) is 9.86. The first-order valence-electron chi connectivity index (χ1n) is 34.5. The fraction of sp³-hybridized carbons (Fsp3) is 0.0652. The van der Waals surface area contributed by atoms with E-state index in [1.54, 1.807) is 0 Å². The van der Waals surface area contributed by atoms with Crippen molar-refractivity contribution in [1.29, 1.82) is 0 Å². The average Bonchev–Trinajstić information content (AvgIpc) is 1.52. The van der Waals surface area contributed by atoms with E-state index in [1.165, 1.54) is 88.0 Å². The van der Waals surface area contributed by atoms with Crippen molar-refractivity contribution in [2.45, 2.75) is 37.9 Å². The number of fused-ring (bicyclic) bond motifs is 14.